The minimum absolute atomic E-state index is 0.0791. The first-order chi connectivity index (χ1) is 10.7. The molecule has 2 fully saturated rings. The van der Waals surface area contributed by atoms with Crippen LogP contribution in [0.3, 0.4) is 0 Å². The predicted octanol–water partition coefficient (Wildman–Crippen LogP) is 4.87. The molecule has 0 amide bonds. The molecule has 0 bridgehead atoms. The van der Waals surface area contributed by atoms with Gasteiger partial charge in [0.2, 0.25) is 0 Å². The van der Waals surface area contributed by atoms with Crippen molar-refractivity contribution in [2.75, 3.05) is 7.11 Å². The van der Waals surface area contributed by atoms with Gasteiger partial charge in [-0.05, 0) is 63.7 Å². The summed E-state index contributed by atoms with van der Waals surface area (Å²) < 4.78 is 11.1. The van der Waals surface area contributed by atoms with E-state index in [-0.39, 0.29) is 18.0 Å². The van der Waals surface area contributed by atoms with Crippen LogP contribution < -0.4 is 0 Å². The Hall–Kier alpha value is -0.570. The summed E-state index contributed by atoms with van der Waals surface area (Å²) in [5.74, 6) is 1.07. The Morgan fingerprint density at radius 1 is 1.00 bits per heavy atom. The Kier molecular flexibility index (Phi) is 7.71. The molecule has 0 N–H and O–H groups in total. The van der Waals surface area contributed by atoms with Crippen molar-refractivity contribution < 1.29 is 14.3 Å². The number of esters is 1. The minimum atomic E-state index is 0.0791. The monoisotopic (exact) mass is 310 g/mol. The first-order valence-corrected chi connectivity index (χ1v) is 9.46. The van der Waals surface area contributed by atoms with Gasteiger partial charge in [-0.3, -0.25) is 4.79 Å². The highest BCUT2D eigenvalue weighted by atomic mass is 16.5. The standard InChI is InChI=1S/C19H34O3/c1-3-4-5-6-16-10-14-18(22-19(16)20)13-9-15-7-11-17(21-2)12-8-15/h15-18H,3-14H2,1-2H3. The van der Waals surface area contributed by atoms with Gasteiger partial charge in [0.1, 0.15) is 6.10 Å². The topological polar surface area (TPSA) is 35.5 Å². The zero-order valence-corrected chi connectivity index (χ0v) is 14.5. The SMILES string of the molecule is CCCCCC1CCC(CCC2CCC(OC)CC2)OC1=O. The number of unbranched alkanes of at least 4 members (excludes halogenated alkanes) is 2. The lowest BCUT2D eigenvalue weighted by atomic mass is 9.83. The van der Waals surface area contributed by atoms with E-state index in [4.69, 9.17) is 9.47 Å². The highest BCUT2D eigenvalue weighted by Gasteiger charge is 2.30. The van der Waals surface area contributed by atoms with Gasteiger partial charge in [0.25, 0.3) is 0 Å². The Bertz CT molecular complexity index is 321. The van der Waals surface area contributed by atoms with Crippen LogP contribution in [-0.2, 0) is 14.3 Å². The first kappa shape index (κ1) is 17.8. The highest BCUT2D eigenvalue weighted by molar-refractivity contribution is 5.73. The summed E-state index contributed by atoms with van der Waals surface area (Å²) >= 11 is 0. The second kappa shape index (κ2) is 9.54. The maximum atomic E-state index is 12.1. The molecule has 1 saturated heterocycles. The van der Waals surface area contributed by atoms with Crippen LogP contribution in [0.4, 0.5) is 0 Å². The lowest BCUT2D eigenvalue weighted by Gasteiger charge is -2.31. The largest absolute Gasteiger partial charge is 0.462 e. The molecule has 0 aromatic heterocycles. The lowest BCUT2D eigenvalue weighted by molar-refractivity contribution is -0.161. The van der Waals surface area contributed by atoms with Crippen LogP contribution in [0, 0.1) is 11.8 Å². The maximum absolute atomic E-state index is 12.1. The lowest BCUT2D eigenvalue weighted by Crippen LogP contribution is -2.31. The fourth-order valence-electron chi connectivity index (χ4n) is 4.01. The molecular weight excluding hydrogens is 276 g/mol. The summed E-state index contributed by atoms with van der Waals surface area (Å²) in [6, 6.07) is 0. The van der Waals surface area contributed by atoms with E-state index in [0.717, 1.165) is 31.6 Å². The minimum Gasteiger partial charge on any atom is -0.462 e. The number of carbonyl (C=O) groups excluding carboxylic acids is 1. The van der Waals surface area contributed by atoms with Crippen molar-refractivity contribution in [3.05, 3.63) is 0 Å². The van der Waals surface area contributed by atoms with E-state index in [1.165, 1.54) is 51.4 Å². The predicted molar refractivity (Wildman–Crippen MR) is 88.7 cm³/mol. The molecule has 128 valence electrons. The van der Waals surface area contributed by atoms with Gasteiger partial charge in [0.15, 0.2) is 0 Å². The van der Waals surface area contributed by atoms with E-state index in [1.807, 2.05) is 7.11 Å². The second-order valence-corrected chi connectivity index (χ2v) is 7.28. The van der Waals surface area contributed by atoms with Gasteiger partial charge >= 0.3 is 5.97 Å². The van der Waals surface area contributed by atoms with Gasteiger partial charge in [-0.2, -0.15) is 0 Å². The number of cyclic esters (lactones) is 1. The third-order valence-electron chi connectivity index (χ3n) is 5.63. The number of hydrogen-bond acceptors (Lipinski definition) is 3. The van der Waals surface area contributed by atoms with Gasteiger partial charge in [-0.1, -0.05) is 26.2 Å². The molecule has 0 aromatic rings. The molecule has 0 spiro atoms. The summed E-state index contributed by atoms with van der Waals surface area (Å²) in [5.41, 5.74) is 0. The molecule has 2 aliphatic rings. The highest BCUT2D eigenvalue weighted by Crippen LogP contribution is 2.32. The van der Waals surface area contributed by atoms with Crippen LogP contribution in [0.25, 0.3) is 0 Å². The quantitative estimate of drug-likeness (QED) is 0.474. The van der Waals surface area contributed by atoms with E-state index in [1.54, 1.807) is 0 Å². The van der Waals surface area contributed by atoms with Crippen molar-refractivity contribution in [2.45, 2.75) is 96.2 Å². The van der Waals surface area contributed by atoms with Crippen LogP contribution >= 0.6 is 0 Å². The normalized spacial score (nSPS) is 32.7. The molecule has 22 heavy (non-hydrogen) atoms. The van der Waals surface area contributed by atoms with Crippen LogP contribution in [0.15, 0.2) is 0 Å². The van der Waals surface area contributed by atoms with E-state index >= 15 is 0 Å². The fourth-order valence-corrected chi connectivity index (χ4v) is 4.01. The number of ether oxygens (including phenoxy) is 2. The molecule has 2 unspecified atom stereocenters. The van der Waals surface area contributed by atoms with Gasteiger partial charge in [-0.25, -0.2) is 0 Å². The average molecular weight is 310 g/mol. The second-order valence-electron chi connectivity index (χ2n) is 7.28. The zero-order valence-electron chi connectivity index (χ0n) is 14.5. The van der Waals surface area contributed by atoms with Crippen LogP contribution in [-0.4, -0.2) is 25.3 Å². The number of hydrogen-bond donors (Lipinski definition) is 0. The summed E-state index contributed by atoms with van der Waals surface area (Å²) in [6.45, 7) is 2.20. The Balaban J connectivity index is 1.61. The van der Waals surface area contributed by atoms with Crippen LogP contribution in [0.5, 0.6) is 0 Å². The molecule has 0 aromatic carbocycles. The Morgan fingerprint density at radius 2 is 1.77 bits per heavy atom. The van der Waals surface area contributed by atoms with Gasteiger partial charge < -0.3 is 9.47 Å². The van der Waals surface area contributed by atoms with Gasteiger partial charge in [0.05, 0.1) is 12.0 Å². The van der Waals surface area contributed by atoms with Crippen molar-refractivity contribution in [1.82, 2.24) is 0 Å². The van der Waals surface area contributed by atoms with E-state index in [9.17, 15) is 4.79 Å². The number of rotatable bonds is 8. The first-order valence-electron chi connectivity index (χ1n) is 9.46. The molecule has 2 atom stereocenters. The van der Waals surface area contributed by atoms with Crippen LogP contribution in [0.2, 0.25) is 0 Å². The van der Waals surface area contributed by atoms with Gasteiger partial charge in [-0.15, -0.1) is 0 Å². The molecule has 0 radical (unpaired) electrons. The molecular formula is C19H34O3. The summed E-state index contributed by atoms with van der Waals surface area (Å²) in [5, 5.41) is 0. The Labute approximate surface area is 136 Å². The molecule has 3 heteroatoms. The number of carbonyl (C=O) groups is 1. The van der Waals surface area contributed by atoms with Crippen LogP contribution in [0.1, 0.15) is 84.0 Å². The van der Waals surface area contributed by atoms with Crippen molar-refractivity contribution in [1.29, 1.82) is 0 Å². The summed E-state index contributed by atoms with van der Waals surface area (Å²) in [6.07, 6.45) is 14.7. The van der Waals surface area contributed by atoms with E-state index in [0.29, 0.717) is 6.10 Å². The van der Waals surface area contributed by atoms with E-state index in [2.05, 4.69) is 6.92 Å². The van der Waals surface area contributed by atoms with Crippen molar-refractivity contribution in [3.8, 4) is 0 Å². The molecule has 1 saturated carbocycles. The molecule has 1 heterocycles. The van der Waals surface area contributed by atoms with Crippen molar-refractivity contribution in [3.63, 3.8) is 0 Å². The molecule has 1 aliphatic carbocycles. The molecule has 2 rings (SSSR count). The maximum Gasteiger partial charge on any atom is 0.309 e. The molecule has 3 nitrogen and oxygen atoms in total. The zero-order chi connectivity index (χ0) is 15.8. The summed E-state index contributed by atoms with van der Waals surface area (Å²) in [4.78, 5) is 12.1. The third-order valence-corrected chi connectivity index (χ3v) is 5.63. The smallest absolute Gasteiger partial charge is 0.309 e. The van der Waals surface area contributed by atoms with Crippen molar-refractivity contribution in [2.24, 2.45) is 11.8 Å². The fraction of sp³-hybridized carbons (Fsp3) is 0.947. The average Bonchev–Trinajstić information content (AvgIpc) is 2.55. The molecule has 1 aliphatic heterocycles. The van der Waals surface area contributed by atoms with Gasteiger partial charge in [0, 0.05) is 7.11 Å². The van der Waals surface area contributed by atoms with Crippen molar-refractivity contribution >= 4 is 5.97 Å². The van der Waals surface area contributed by atoms with E-state index < -0.39 is 0 Å². The number of methoxy groups -OCH3 is 1. The Morgan fingerprint density at radius 3 is 2.41 bits per heavy atom. The third kappa shape index (κ3) is 5.57. The summed E-state index contributed by atoms with van der Waals surface area (Å²) in [7, 11) is 1.82.